The summed E-state index contributed by atoms with van der Waals surface area (Å²) in [5, 5.41) is 1.02. The Morgan fingerprint density at radius 2 is 1.34 bits per heavy atom. The number of furan rings is 1. The molecule has 5 heteroatoms. The summed E-state index contributed by atoms with van der Waals surface area (Å²) < 4.78 is 123. The van der Waals surface area contributed by atoms with E-state index in [1.807, 2.05) is 13.0 Å². The van der Waals surface area contributed by atoms with Crippen LogP contribution in [0.25, 0.3) is 77.8 Å². The van der Waals surface area contributed by atoms with Crippen molar-refractivity contribution >= 4 is 21.9 Å². The minimum atomic E-state index is -2.85. The van der Waals surface area contributed by atoms with E-state index in [9.17, 15) is 1.37 Å². The maximum absolute atomic E-state index is 9.90. The number of ether oxygens (including phenoxy) is 1. The van der Waals surface area contributed by atoms with Crippen molar-refractivity contribution < 1.29 is 48.0 Å². The molecule has 4 nitrogen and oxygen atoms in total. The van der Waals surface area contributed by atoms with Gasteiger partial charge in [-0.3, -0.25) is 0 Å². The van der Waals surface area contributed by atoms with E-state index in [2.05, 4.69) is 109 Å². The Hall–Kier alpha value is -6.09. The molecule has 1 saturated carbocycles. The van der Waals surface area contributed by atoms with Gasteiger partial charge >= 0.3 is 21.1 Å². The standard InChI is InChI=1S/C65H64N2O2.Pt/c1-38-19-22-53-56-31-50(68-60-30-48(58-28-39(2)42(5)36-66-58)29-55(44(60)7)45-17-15-14-16-18-45)32-57(62(56)69-61(53)25-38)59-33-54(43(6)37-67-59)52-24-21-47(27-41(52)4)51-23-20-46(26-40(51)3)49-34-63(8,9)65(12,13)64(10,11)35-49;/h14-29,31,33,36-37,49H,34-35H2,1-13H3;/q-2;+2/i1D3,2D3,5D3,7D3,49D;. The van der Waals surface area contributed by atoms with Gasteiger partial charge in [-0.25, -0.2) is 0 Å². The van der Waals surface area contributed by atoms with E-state index in [0.29, 0.717) is 33.2 Å². The fourth-order valence-electron chi connectivity index (χ4n) is 10.3. The Bertz CT molecular complexity index is 3980. The molecule has 356 valence electrons. The second-order valence-electron chi connectivity index (χ2n) is 20.7. The number of aryl methyl sites for hydroxylation is 6. The van der Waals surface area contributed by atoms with Gasteiger partial charge in [0.1, 0.15) is 5.58 Å². The van der Waals surface area contributed by atoms with Crippen molar-refractivity contribution in [2.45, 2.75) is 108 Å². The average Bonchev–Trinajstić information content (AvgIpc) is 1.82. The van der Waals surface area contributed by atoms with E-state index in [-0.39, 0.29) is 82.3 Å². The molecule has 6 aromatic carbocycles. The van der Waals surface area contributed by atoms with Crippen molar-refractivity contribution in [1.82, 2.24) is 9.97 Å². The summed E-state index contributed by atoms with van der Waals surface area (Å²) in [5.74, 6) is -0.990. The first kappa shape index (κ1) is 35.1. The normalized spacial score (nSPS) is 19.2. The van der Waals surface area contributed by atoms with Crippen LogP contribution in [0.5, 0.6) is 11.5 Å². The first-order valence-corrected chi connectivity index (χ1v) is 23.5. The van der Waals surface area contributed by atoms with E-state index >= 15 is 0 Å². The Morgan fingerprint density at radius 1 is 0.614 bits per heavy atom. The molecule has 0 saturated heterocycles. The second kappa shape index (κ2) is 18.3. The van der Waals surface area contributed by atoms with Crippen molar-refractivity contribution in [2.75, 3.05) is 0 Å². The third-order valence-corrected chi connectivity index (χ3v) is 15.5. The number of aromatic nitrogens is 2. The Labute approximate surface area is 448 Å². The molecule has 0 spiro atoms. The molecule has 3 aromatic heterocycles. The summed E-state index contributed by atoms with van der Waals surface area (Å²) in [6, 6.07) is 38.9. The summed E-state index contributed by atoms with van der Waals surface area (Å²) in [7, 11) is 0. The molecule has 0 aliphatic heterocycles. The molecule has 1 fully saturated rings. The zero-order valence-electron chi connectivity index (χ0n) is 54.0. The zero-order chi connectivity index (χ0) is 59.7. The molecule has 0 N–H and O–H groups in total. The van der Waals surface area contributed by atoms with Gasteiger partial charge in [0, 0.05) is 47.1 Å². The van der Waals surface area contributed by atoms with Crippen molar-refractivity contribution in [3.8, 4) is 67.4 Å². The van der Waals surface area contributed by atoms with E-state index < -0.39 is 44.4 Å². The average molecular weight is 1110 g/mol. The molecule has 9 aromatic rings. The molecule has 1 aliphatic rings. The summed E-state index contributed by atoms with van der Waals surface area (Å²) in [5.41, 5.74) is 8.92. The summed E-state index contributed by atoms with van der Waals surface area (Å²) in [6.07, 6.45) is 4.27. The third-order valence-electron chi connectivity index (χ3n) is 15.5. The van der Waals surface area contributed by atoms with Gasteiger partial charge in [0.05, 0.1) is 5.58 Å². The molecule has 3 heterocycles. The van der Waals surface area contributed by atoms with Crippen molar-refractivity contribution in [1.29, 1.82) is 0 Å². The van der Waals surface area contributed by atoms with Crippen molar-refractivity contribution in [3.63, 3.8) is 0 Å². The SMILES string of the molecule is [2H]C([2H])([2H])c1ccc2c(c1)oc1c(-c3cc(-c4ccc(-c5ccc(C6([2H])CC(C)(C)C(C)(C)C(C)(C)C6)cc5C)cc4C)c(C)cn3)[c-]c(Oc3[c-]c(-c4cc(C([2H])([2H])[2H])c(C([2H])([2H])[2H])cn4)cc(-c4ccccc4)c3C([2H])([2H])[2H])cc12.[Pt+2]. The van der Waals surface area contributed by atoms with Crippen LogP contribution in [0.2, 0.25) is 0 Å². The number of fused-ring (bicyclic) bond motifs is 3. The summed E-state index contributed by atoms with van der Waals surface area (Å²) in [4.78, 5) is 9.32. The number of nitrogens with zero attached hydrogens (tertiary/aromatic N) is 2. The Kier molecular flexibility index (Phi) is 9.15. The minimum Gasteiger partial charge on any atom is -0.501 e. The molecule has 1 aliphatic carbocycles. The molecule has 0 amide bonds. The predicted molar refractivity (Wildman–Crippen MR) is 287 cm³/mol. The third kappa shape index (κ3) is 8.65. The van der Waals surface area contributed by atoms with Gasteiger partial charge in [-0.15, -0.1) is 11.6 Å². The maximum atomic E-state index is 9.90. The second-order valence-corrected chi connectivity index (χ2v) is 20.7. The van der Waals surface area contributed by atoms with E-state index in [1.165, 1.54) is 18.2 Å². The topological polar surface area (TPSA) is 48.2 Å². The first-order valence-electron chi connectivity index (χ1n) is 30.0. The minimum absolute atomic E-state index is 0. The van der Waals surface area contributed by atoms with Crippen LogP contribution < -0.4 is 4.74 Å². The molecule has 10 rings (SSSR count). The smallest absolute Gasteiger partial charge is 0.501 e. The molecule has 0 bridgehead atoms. The number of pyridine rings is 2. The molecule has 0 atom stereocenters. The fraction of sp³-hybridized carbons (Fsp3) is 0.292. The largest absolute Gasteiger partial charge is 2.00 e. The van der Waals surface area contributed by atoms with Crippen LogP contribution >= 0.6 is 0 Å². The predicted octanol–water partition coefficient (Wildman–Crippen LogP) is 18.2. The van der Waals surface area contributed by atoms with E-state index in [1.54, 1.807) is 48.7 Å². The van der Waals surface area contributed by atoms with Crippen LogP contribution in [0, 0.1) is 76.6 Å². The monoisotopic (exact) mass is 1110 g/mol. The van der Waals surface area contributed by atoms with Crippen LogP contribution in [0.4, 0.5) is 0 Å². The van der Waals surface area contributed by atoms with Gasteiger partial charge in [-0.05, 0) is 155 Å². The van der Waals surface area contributed by atoms with Crippen molar-refractivity contribution in [3.05, 3.63) is 178 Å². The van der Waals surface area contributed by atoms with E-state index in [4.69, 9.17) is 30.6 Å². The van der Waals surface area contributed by atoms with Crippen LogP contribution in [-0.4, -0.2) is 9.97 Å². The molecule has 0 radical (unpaired) electrons. The molecular formula is C65H64N2O2Pt. The number of rotatable bonds is 8. The van der Waals surface area contributed by atoms with Crippen LogP contribution in [0.1, 0.15) is 123 Å². The van der Waals surface area contributed by atoms with Gasteiger partial charge in [0.25, 0.3) is 0 Å². The van der Waals surface area contributed by atoms with E-state index in [0.717, 1.165) is 69.6 Å². The van der Waals surface area contributed by atoms with Gasteiger partial charge in [-0.1, -0.05) is 185 Å². The van der Waals surface area contributed by atoms with Gasteiger partial charge in [0.15, 0.2) is 0 Å². The van der Waals surface area contributed by atoms with Crippen LogP contribution in [0.15, 0.2) is 126 Å². The van der Waals surface area contributed by atoms with Gasteiger partial charge in [-0.2, -0.15) is 0 Å². The Balaban J connectivity index is 0.00000828. The molecule has 70 heavy (non-hydrogen) atoms. The fourth-order valence-corrected chi connectivity index (χ4v) is 10.3. The van der Waals surface area contributed by atoms with Crippen molar-refractivity contribution in [2.24, 2.45) is 16.2 Å². The van der Waals surface area contributed by atoms with Gasteiger partial charge < -0.3 is 19.1 Å². The van der Waals surface area contributed by atoms with Crippen LogP contribution in [0.3, 0.4) is 0 Å². The number of benzene rings is 6. The summed E-state index contributed by atoms with van der Waals surface area (Å²) in [6.45, 7) is 9.12. The van der Waals surface area contributed by atoms with Gasteiger partial charge in [0.2, 0.25) is 0 Å². The zero-order valence-corrected chi connectivity index (χ0v) is 43.3. The quantitative estimate of drug-likeness (QED) is 0.142. The van der Waals surface area contributed by atoms with Crippen LogP contribution in [-0.2, 0) is 21.1 Å². The summed E-state index contributed by atoms with van der Waals surface area (Å²) >= 11 is 0. The molecular weight excluding hydrogens is 1040 g/mol. The molecule has 0 unspecified atom stereocenters. The maximum Gasteiger partial charge on any atom is 2.00 e. The Morgan fingerprint density at radius 3 is 2.06 bits per heavy atom. The number of hydrogen-bond donors (Lipinski definition) is 0. The first-order chi connectivity index (χ1) is 38.0. The number of hydrogen-bond acceptors (Lipinski definition) is 4.